The lowest BCUT2D eigenvalue weighted by atomic mass is 9.86. The number of halogens is 1. The summed E-state index contributed by atoms with van der Waals surface area (Å²) in [5.41, 5.74) is 2.74. The van der Waals surface area contributed by atoms with E-state index in [2.05, 4.69) is 73.2 Å². The van der Waals surface area contributed by atoms with Gasteiger partial charge >= 0.3 is 0 Å². The van der Waals surface area contributed by atoms with Gasteiger partial charge in [-0.2, -0.15) is 0 Å². The first-order valence-corrected chi connectivity index (χ1v) is 7.79. The second-order valence-electron chi connectivity index (χ2n) is 6.00. The predicted octanol–water partition coefficient (Wildman–Crippen LogP) is 5.04. The van der Waals surface area contributed by atoms with E-state index in [1.165, 1.54) is 11.1 Å². The van der Waals surface area contributed by atoms with Crippen LogP contribution in [-0.4, -0.2) is 6.54 Å². The maximum atomic E-state index is 5.62. The highest BCUT2D eigenvalue weighted by molar-refractivity contribution is 9.10. The molecule has 1 atom stereocenters. The molecule has 108 valence electrons. The summed E-state index contributed by atoms with van der Waals surface area (Å²) in [5.74, 6) is 0.926. The normalized spacial score (nSPS) is 13.4. The van der Waals surface area contributed by atoms with Crippen LogP contribution in [0.4, 0.5) is 0 Å². The average Bonchev–Trinajstić information content (AvgIpc) is 2.81. The third-order valence-electron chi connectivity index (χ3n) is 3.43. The second kappa shape index (κ2) is 6.15. The van der Waals surface area contributed by atoms with Crippen LogP contribution in [-0.2, 0) is 5.41 Å². The van der Waals surface area contributed by atoms with Crippen LogP contribution in [0.3, 0.4) is 0 Å². The number of rotatable bonds is 4. The summed E-state index contributed by atoms with van der Waals surface area (Å²) in [6.07, 6.45) is 1.72. The van der Waals surface area contributed by atoms with E-state index in [9.17, 15) is 0 Å². The molecule has 0 aliphatic rings. The minimum atomic E-state index is 0.0818. The van der Waals surface area contributed by atoms with Crippen LogP contribution in [0.1, 0.15) is 50.6 Å². The third kappa shape index (κ3) is 3.33. The van der Waals surface area contributed by atoms with E-state index < -0.39 is 0 Å². The molecular weight excluding hydrogens is 314 g/mol. The van der Waals surface area contributed by atoms with Gasteiger partial charge in [-0.25, -0.2) is 0 Å². The summed E-state index contributed by atoms with van der Waals surface area (Å²) in [6, 6.07) is 10.8. The SMILES string of the molecule is CCNC(c1ccc(C(C)(C)C)cc1)c1occc1Br. The van der Waals surface area contributed by atoms with E-state index in [0.717, 1.165) is 16.8 Å². The van der Waals surface area contributed by atoms with Crippen LogP contribution < -0.4 is 5.32 Å². The predicted molar refractivity (Wildman–Crippen MR) is 87.1 cm³/mol. The molecule has 0 bridgehead atoms. The fourth-order valence-corrected chi connectivity index (χ4v) is 2.68. The summed E-state index contributed by atoms with van der Waals surface area (Å²) >= 11 is 3.55. The monoisotopic (exact) mass is 335 g/mol. The van der Waals surface area contributed by atoms with Crippen molar-refractivity contribution < 1.29 is 4.42 Å². The zero-order chi connectivity index (χ0) is 14.8. The van der Waals surface area contributed by atoms with Gasteiger partial charge in [-0.15, -0.1) is 0 Å². The lowest BCUT2D eigenvalue weighted by Crippen LogP contribution is -2.22. The Kier molecular flexibility index (Phi) is 4.71. The largest absolute Gasteiger partial charge is 0.466 e. The van der Waals surface area contributed by atoms with E-state index in [0.29, 0.717) is 0 Å². The van der Waals surface area contributed by atoms with Gasteiger partial charge in [0.2, 0.25) is 0 Å². The molecule has 0 aliphatic heterocycles. The average molecular weight is 336 g/mol. The molecular formula is C17H22BrNO. The van der Waals surface area contributed by atoms with Crippen molar-refractivity contribution in [2.45, 2.75) is 39.2 Å². The third-order valence-corrected chi connectivity index (χ3v) is 4.08. The number of hydrogen-bond donors (Lipinski definition) is 1. The fourth-order valence-electron chi connectivity index (χ4n) is 2.25. The molecule has 0 amide bonds. The summed E-state index contributed by atoms with van der Waals surface area (Å²) in [6.45, 7) is 9.68. The molecule has 1 N–H and O–H groups in total. The highest BCUT2D eigenvalue weighted by Gasteiger charge is 2.20. The molecule has 20 heavy (non-hydrogen) atoms. The van der Waals surface area contributed by atoms with Gasteiger partial charge in [0.15, 0.2) is 0 Å². The Hall–Kier alpha value is -1.06. The smallest absolute Gasteiger partial charge is 0.139 e. The van der Waals surface area contributed by atoms with E-state index in [-0.39, 0.29) is 11.5 Å². The lowest BCUT2D eigenvalue weighted by Gasteiger charge is -2.21. The van der Waals surface area contributed by atoms with Gasteiger partial charge in [0.25, 0.3) is 0 Å². The van der Waals surface area contributed by atoms with E-state index in [4.69, 9.17) is 4.42 Å². The first-order valence-electron chi connectivity index (χ1n) is 7.00. The van der Waals surface area contributed by atoms with Crippen molar-refractivity contribution in [1.82, 2.24) is 5.32 Å². The van der Waals surface area contributed by atoms with Crippen molar-refractivity contribution in [3.05, 3.63) is 58.0 Å². The quantitative estimate of drug-likeness (QED) is 0.846. The van der Waals surface area contributed by atoms with Crippen molar-refractivity contribution in [1.29, 1.82) is 0 Å². The van der Waals surface area contributed by atoms with Crippen molar-refractivity contribution in [3.8, 4) is 0 Å². The van der Waals surface area contributed by atoms with Gasteiger partial charge in [-0.05, 0) is 45.1 Å². The number of hydrogen-bond acceptors (Lipinski definition) is 2. The van der Waals surface area contributed by atoms with Crippen molar-refractivity contribution in [2.24, 2.45) is 0 Å². The minimum Gasteiger partial charge on any atom is -0.466 e. The maximum Gasteiger partial charge on any atom is 0.139 e. The summed E-state index contributed by atoms with van der Waals surface area (Å²) in [4.78, 5) is 0. The molecule has 1 aromatic heterocycles. The Morgan fingerprint density at radius 2 is 1.80 bits per heavy atom. The van der Waals surface area contributed by atoms with E-state index in [1.54, 1.807) is 6.26 Å². The highest BCUT2D eigenvalue weighted by Crippen LogP contribution is 2.31. The van der Waals surface area contributed by atoms with Gasteiger partial charge in [-0.1, -0.05) is 52.0 Å². The highest BCUT2D eigenvalue weighted by atomic mass is 79.9. The first kappa shape index (κ1) is 15.3. The van der Waals surface area contributed by atoms with Gasteiger partial charge in [0, 0.05) is 0 Å². The molecule has 0 radical (unpaired) electrons. The van der Waals surface area contributed by atoms with Crippen molar-refractivity contribution in [2.75, 3.05) is 6.54 Å². The Balaban J connectivity index is 2.33. The molecule has 1 unspecified atom stereocenters. The Labute approximate surface area is 129 Å². The molecule has 0 spiro atoms. The minimum absolute atomic E-state index is 0.0818. The summed E-state index contributed by atoms with van der Waals surface area (Å²) in [5, 5.41) is 3.48. The molecule has 1 aromatic carbocycles. The van der Waals surface area contributed by atoms with Crippen LogP contribution in [0.5, 0.6) is 0 Å². The van der Waals surface area contributed by atoms with Crippen LogP contribution in [0.15, 0.2) is 45.5 Å². The second-order valence-corrected chi connectivity index (χ2v) is 6.85. The molecule has 2 rings (SSSR count). The van der Waals surface area contributed by atoms with Crippen molar-refractivity contribution in [3.63, 3.8) is 0 Å². The molecule has 0 fully saturated rings. The first-order chi connectivity index (χ1) is 9.43. The van der Waals surface area contributed by atoms with Gasteiger partial charge < -0.3 is 9.73 Å². The zero-order valence-corrected chi connectivity index (χ0v) is 14.1. The maximum absolute atomic E-state index is 5.62. The molecule has 2 nitrogen and oxygen atoms in total. The molecule has 0 aliphatic carbocycles. The summed E-state index contributed by atoms with van der Waals surface area (Å²) in [7, 11) is 0. The standard InChI is InChI=1S/C17H22BrNO/c1-5-19-15(16-14(18)10-11-20-16)12-6-8-13(9-7-12)17(2,3)4/h6-11,15,19H,5H2,1-4H3. The number of benzene rings is 1. The van der Waals surface area contributed by atoms with Crippen LogP contribution in [0, 0.1) is 0 Å². The summed E-state index contributed by atoms with van der Waals surface area (Å²) < 4.78 is 6.62. The number of nitrogens with one attached hydrogen (secondary N) is 1. The molecule has 0 saturated carbocycles. The van der Waals surface area contributed by atoms with E-state index in [1.807, 2.05) is 6.07 Å². The van der Waals surface area contributed by atoms with Crippen molar-refractivity contribution >= 4 is 15.9 Å². The fraction of sp³-hybridized carbons (Fsp3) is 0.412. The molecule has 3 heteroatoms. The lowest BCUT2D eigenvalue weighted by molar-refractivity contribution is 0.449. The molecule has 2 aromatic rings. The van der Waals surface area contributed by atoms with Gasteiger partial charge in [-0.3, -0.25) is 0 Å². The molecule has 1 heterocycles. The Morgan fingerprint density at radius 3 is 2.25 bits per heavy atom. The Morgan fingerprint density at radius 1 is 1.15 bits per heavy atom. The van der Waals surface area contributed by atoms with E-state index >= 15 is 0 Å². The van der Waals surface area contributed by atoms with Crippen LogP contribution >= 0.6 is 15.9 Å². The molecule has 0 saturated heterocycles. The topological polar surface area (TPSA) is 25.2 Å². The van der Waals surface area contributed by atoms with Crippen LogP contribution in [0.25, 0.3) is 0 Å². The van der Waals surface area contributed by atoms with Gasteiger partial charge in [0.05, 0.1) is 16.8 Å². The van der Waals surface area contributed by atoms with Crippen LogP contribution in [0.2, 0.25) is 0 Å². The van der Waals surface area contributed by atoms with Gasteiger partial charge in [0.1, 0.15) is 5.76 Å². The Bertz CT molecular complexity index is 551. The number of furan rings is 1. The zero-order valence-electron chi connectivity index (χ0n) is 12.5.